The summed E-state index contributed by atoms with van der Waals surface area (Å²) in [5, 5.41) is 0. The van der Waals surface area contributed by atoms with Gasteiger partial charge in [-0.3, -0.25) is 4.79 Å². The lowest BCUT2D eigenvalue weighted by Gasteiger charge is -2.14. The lowest BCUT2D eigenvalue weighted by molar-refractivity contribution is -0.0673. The number of hydrogen-bond acceptors (Lipinski definition) is 2. The number of carbonyl (C=O) groups excluding carboxylic acids is 1. The van der Waals surface area contributed by atoms with Crippen LogP contribution in [-0.4, -0.2) is 18.7 Å². The van der Waals surface area contributed by atoms with Crippen molar-refractivity contribution in [3.8, 4) is 5.75 Å². The van der Waals surface area contributed by atoms with E-state index in [9.17, 15) is 18.0 Å². The fourth-order valence-corrected chi connectivity index (χ4v) is 1.69. The summed E-state index contributed by atoms with van der Waals surface area (Å²) in [7, 11) is 0. The van der Waals surface area contributed by atoms with E-state index >= 15 is 0 Å². The van der Waals surface area contributed by atoms with Gasteiger partial charge >= 0.3 is 6.43 Å². The number of amides is 1. The zero-order valence-electron chi connectivity index (χ0n) is 9.41. The Kier molecular flexibility index (Phi) is 3.45. The highest BCUT2D eigenvalue weighted by Gasteiger charge is 2.29. The standard InChI is InChI=1S/C12H12F3NO2/c13-10(14)11(15)18-9-5-7(12(16)17)3-4-8(9)6-1-2-6/h3-6,10-11H,1-2H2,(H2,16,17). The molecule has 0 saturated heterocycles. The minimum atomic E-state index is -3.23. The third kappa shape index (κ3) is 2.75. The average Bonchev–Trinajstić information content (AvgIpc) is 3.12. The van der Waals surface area contributed by atoms with Crippen LogP contribution in [0.5, 0.6) is 5.75 Å². The molecule has 1 saturated carbocycles. The molecule has 1 unspecified atom stereocenters. The Morgan fingerprint density at radius 3 is 2.50 bits per heavy atom. The fraction of sp³-hybridized carbons (Fsp3) is 0.417. The molecule has 0 spiro atoms. The SMILES string of the molecule is NC(=O)c1ccc(C2CC2)c(OC(F)C(F)F)c1. The summed E-state index contributed by atoms with van der Waals surface area (Å²) < 4.78 is 41.8. The summed E-state index contributed by atoms with van der Waals surface area (Å²) in [6.07, 6.45) is -4.13. The second kappa shape index (κ2) is 4.88. The zero-order chi connectivity index (χ0) is 13.3. The van der Waals surface area contributed by atoms with Crippen molar-refractivity contribution < 1.29 is 22.7 Å². The summed E-state index contributed by atoms with van der Waals surface area (Å²) in [6, 6.07) is 4.27. The van der Waals surface area contributed by atoms with E-state index in [1.807, 2.05) is 0 Å². The van der Waals surface area contributed by atoms with Gasteiger partial charge in [0.15, 0.2) is 0 Å². The monoisotopic (exact) mass is 259 g/mol. The minimum Gasteiger partial charge on any atom is -0.454 e. The third-order valence-corrected chi connectivity index (χ3v) is 2.75. The summed E-state index contributed by atoms with van der Waals surface area (Å²) >= 11 is 0. The van der Waals surface area contributed by atoms with Crippen molar-refractivity contribution in [1.82, 2.24) is 0 Å². The van der Waals surface area contributed by atoms with E-state index in [2.05, 4.69) is 4.74 Å². The second-order valence-electron chi connectivity index (χ2n) is 4.19. The number of primary amides is 1. The molecule has 1 aromatic rings. The molecule has 1 aliphatic rings. The van der Waals surface area contributed by atoms with Crippen LogP contribution in [0.25, 0.3) is 0 Å². The number of nitrogens with two attached hydrogens (primary N) is 1. The van der Waals surface area contributed by atoms with Gasteiger partial charge in [-0.2, -0.15) is 4.39 Å². The molecule has 2 rings (SSSR count). The maximum absolute atomic E-state index is 12.9. The first kappa shape index (κ1) is 12.7. The van der Waals surface area contributed by atoms with Crippen LogP contribution in [0.15, 0.2) is 18.2 Å². The largest absolute Gasteiger partial charge is 0.454 e. The molecule has 3 nitrogen and oxygen atoms in total. The quantitative estimate of drug-likeness (QED) is 0.883. The van der Waals surface area contributed by atoms with Crippen LogP contribution in [0.1, 0.15) is 34.7 Å². The highest BCUT2D eigenvalue weighted by Crippen LogP contribution is 2.44. The molecule has 1 aromatic carbocycles. The highest BCUT2D eigenvalue weighted by molar-refractivity contribution is 5.93. The maximum atomic E-state index is 12.9. The van der Waals surface area contributed by atoms with E-state index in [4.69, 9.17) is 5.73 Å². The topological polar surface area (TPSA) is 52.3 Å². The molecule has 2 N–H and O–H groups in total. The van der Waals surface area contributed by atoms with E-state index in [0.717, 1.165) is 12.8 Å². The molecular formula is C12H12F3NO2. The van der Waals surface area contributed by atoms with Crippen molar-refractivity contribution in [1.29, 1.82) is 0 Å². The maximum Gasteiger partial charge on any atom is 0.304 e. The van der Waals surface area contributed by atoms with Crippen molar-refractivity contribution in [2.75, 3.05) is 0 Å². The molecule has 18 heavy (non-hydrogen) atoms. The number of hydrogen-bond donors (Lipinski definition) is 1. The van der Waals surface area contributed by atoms with Crippen molar-refractivity contribution in [3.05, 3.63) is 29.3 Å². The number of alkyl halides is 3. The van der Waals surface area contributed by atoms with Gasteiger partial charge in [-0.25, -0.2) is 8.78 Å². The van der Waals surface area contributed by atoms with Gasteiger partial charge in [0.05, 0.1) is 0 Å². The summed E-state index contributed by atoms with van der Waals surface area (Å²) in [5.41, 5.74) is 5.83. The lowest BCUT2D eigenvalue weighted by Crippen LogP contribution is -2.20. The Morgan fingerprint density at radius 1 is 1.33 bits per heavy atom. The van der Waals surface area contributed by atoms with Crippen molar-refractivity contribution in [3.63, 3.8) is 0 Å². The van der Waals surface area contributed by atoms with Crippen LogP contribution < -0.4 is 10.5 Å². The summed E-state index contributed by atoms with van der Waals surface area (Å²) in [6.45, 7) is 0. The number of carbonyl (C=O) groups is 1. The summed E-state index contributed by atoms with van der Waals surface area (Å²) in [5.74, 6) is -0.553. The zero-order valence-corrected chi connectivity index (χ0v) is 9.41. The Bertz CT molecular complexity index is 461. The molecule has 98 valence electrons. The highest BCUT2D eigenvalue weighted by atomic mass is 19.3. The molecule has 0 heterocycles. The van der Waals surface area contributed by atoms with Gasteiger partial charge in [-0.15, -0.1) is 0 Å². The first-order chi connectivity index (χ1) is 8.49. The van der Waals surface area contributed by atoms with Crippen LogP contribution in [-0.2, 0) is 0 Å². The Morgan fingerprint density at radius 2 is 2.00 bits per heavy atom. The second-order valence-corrected chi connectivity index (χ2v) is 4.19. The van der Waals surface area contributed by atoms with E-state index < -0.39 is 18.7 Å². The number of rotatable bonds is 5. The van der Waals surface area contributed by atoms with Gasteiger partial charge in [0.2, 0.25) is 5.91 Å². The van der Waals surface area contributed by atoms with Crippen LogP contribution in [0.3, 0.4) is 0 Å². The van der Waals surface area contributed by atoms with Crippen molar-refractivity contribution in [2.45, 2.75) is 31.5 Å². The molecule has 1 fully saturated rings. The Balaban J connectivity index is 2.28. The Labute approximate surface area is 102 Å². The Hall–Kier alpha value is -1.72. The van der Waals surface area contributed by atoms with Crippen LogP contribution in [0.2, 0.25) is 0 Å². The minimum absolute atomic E-state index is 0.0263. The third-order valence-electron chi connectivity index (χ3n) is 2.75. The van der Waals surface area contributed by atoms with Crippen LogP contribution >= 0.6 is 0 Å². The van der Waals surface area contributed by atoms with Gasteiger partial charge < -0.3 is 10.5 Å². The van der Waals surface area contributed by atoms with Gasteiger partial charge in [0, 0.05) is 5.56 Å². The smallest absolute Gasteiger partial charge is 0.304 e. The fourth-order valence-electron chi connectivity index (χ4n) is 1.69. The number of benzene rings is 1. The number of ether oxygens (including phenoxy) is 1. The average molecular weight is 259 g/mol. The van der Waals surface area contributed by atoms with Crippen LogP contribution in [0.4, 0.5) is 13.2 Å². The van der Waals surface area contributed by atoms with Crippen LogP contribution in [0, 0.1) is 0 Å². The van der Waals surface area contributed by atoms with E-state index in [1.165, 1.54) is 12.1 Å². The molecule has 0 bridgehead atoms. The predicted molar refractivity (Wildman–Crippen MR) is 58.5 cm³/mol. The van der Waals surface area contributed by atoms with Crippen molar-refractivity contribution >= 4 is 5.91 Å². The van der Waals surface area contributed by atoms with Crippen molar-refractivity contribution in [2.24, 2.45) is 5.73 Å². The molecule has 0 radical (unpaired) electrons. The molecular weight excluding hydrogens is 247 g/mol. The van der Waals surface area contributed by atoms with Gasteiger partial charge in [0.25, 0.3) is 6.36 Å². The molecule has 1 atom stereocenters. The predicted octanol–water partition coefficient (Wildman–Crippen LogP) is 2.60. The number of halogens is 3. The van der Waals surface area contributed by atoms with Gasteiger partial charge in [0.1, 0.15) is 5.75 Å². The molecule has 1 aliphatic carbocycles. The molecule has 0 aliphatic heterocycles. The van der Waals surface area contributed by atoms with Gasteiger partial charge in [-0.1, -0.05) is 6.07 Å². The molecule has 1 amide bonds. The van der Waals surface area contributed by atoms with E-state index in [-0.39, 0.29) is 17.2 Å². The summed E-state index contributed by atoms with van der Waals surface area (Å²) in [4.78, 5) is 11.0. The van der Waals surface area contributed by atoms with Gasteiger partial charge in [-0.05, 0) is 36.5 Å². The normalized spacial score (nSPS) is 16.7. The first-order valence-electron chi connectivity index (χ1n) is 5.51. The van der Waals surface area contributed by atoms with E-state index in [1.54, 1.807) is 6.07 Å². The molecule has 6 heteroatoms. The lowest BCUT2D eigenvalue weighted by atomic mass is 10.1. The molecule has 0 aromatic heterocycles. The van der Waals surface area contributed by atoms with E-state index in [0.29, 0.717) is 5.56 Å². The first-order valence-corrected chi connectivity index (χ1v) is 5.51.